The first-order valence-electron chi connectivity index (χ1n) is 7.47. The Kier molecular flexibility index (Phi) is 4.85. The third-order valence-corrected chi connectivity index (χ3v) is 3.21. The smallest absolute Gasteiger partial charge is 0.407 e. The van der Waals surface area contributed by atoms with E-state index in [4.69, 9.17) is 9.47 Å². The molecule has 0 spiro atoms. The van der Waals surface area contributed by atoms with Gasteiger partial charge in [0.1, 0.15) is 5.60 Å². The Labute approximate surface area is 135 Å². The van der Waals surface area contributed by atoms with Crippen LogP contribution < -0.4 is 5.32 Å². The molecule has 0 fully saturated rings. The average Bonchev–Trinajstić information content (AvgIpc) is 2.67. The molecule has 6 nitrogen and oxygen atoms in total. The zero-order valence-electron chi connectivity index (χ0n) is 13.7. The number of rotatable bonds is 4. The highest BCUT2D eigenvalue weighted by molar-refractivity contribution is 6.28. The number of fused-ring (bicyclic) bond motifs is 1. The molecule has 1 N–H and O–H groups in total. The second kappa shape index (κ2) is 6.50. The van der Waals surface area contributed by atoms with Crippen LogP contribution in [0.5, 0.6) is 0 Å². The Morgan fingerprint density at radius 2 is 1.70 bits per heavy atom. The largest absolute Gasteiger partial charge is 0.444 e. The number of benzene rings is 1. The summed E-state index contributed by atoms with van der Waals surface area (Å²) >= 11 is 0. The summed E-state index contributed by atoms with van der Waals surface area (Å²) in [5.41, 5.74) is 0.175. The first kappa shape index (κ1) is 17.1. The van der Waals surface area contributed by atoms with E-state index in [9.17, 15) is 14.4 Å². The zero-order valence-corrected chi connectivity index (χ0v) is 13.7. The molecule has 1 aliphatic rings. The molecule has 0 bridgehead atoms. The van der Waals surface area contributed by atoms with Crippen LogP contribution in [0, 0.1) is 0 Å². The van der Waals surface area contributed by atoms with E-state index in [1.807, 2.05) is 0 Å². The fraction of sp³-hybridized carbons (Fsp3) is 0.471. The second-order valence-electron chi connectivity index (χ2n) is 6.53. The molecule has 1 aromatic carbocycles. The Hall–Kier alpha value is -2.21. The second-order valence-corrected chi connectivity index (χ2v) is 6.53. The van der Waals surface area contributed by atoms with Crippen LogP contribution in [0.15, 0.2) is 24.3 Å². The van der Waals surface area contributed by atoms with Gasteiger partial charge in [-0.25, -0.2) is 4.79 Å². The SMILES string of the molecule is C[C@@H](COC1C(=O)c2ccccc2C1=O)NC(=O)OC(C)(C)C. The fourth-order valence-electron chi connectivity index (χ4n) is 2.26. The lowest BCUT2D eigenvalue weighted by Gasteiger charge is -2.22. The molecule has 0 radical (unpaired) electrons. The zero-order chi connectivity index (χ0) is 17.2. The number of hydrogen-bond acceptors (Lipinski definition) is 5. The molecule has 1 aromatic rings. The number of ketones is 2. The molecule has 1 atom stereocenters. The Balaban J connectivity index is 1.89. The maximum absolute atomic E-state index is 12.2. The van der Waals surface area contributed by atoms with Gasteiger partial charge in [-0.05, 0) is 27.7 Å². The van der Waals surface area contributed by atoms with Crippen molar-refractivity contribution in [3.8, 4) is 0 Å². The van der Waals surface area contributed by atoms with E-state index in [0.717, 1.165) is 0 Å². The van der Waals surface area contributed by atoms with Crippen LogP contribution in [0.3, 0.4) is 0 Å². The average molecular weight is 319 g/mol. The standard InChI is InChI=1S/C17H21NO5/c1-10(18-16(21)23-17(2,3)4)9-22-15-13(19)11-7-5-6-8-12(11)14(15)20/h5-8,10,15H,9H2,1-4H3,(H,18,21)/t10-/m0/s1. The van der Waals surface area contributed by atoms with Gasteiger partial charge in [-0.1, -0.05) is 24.3 Å². The molecular formula is C17H21NO5. The van der Waals surface area contributed by atoms with E-state index >= 15 is 0 Å². The number of nitrogens with one attached hydrogen (secondary N) is 1. The van der Waals surface area contributed by atoms with Gasteiger partial charge in [0, 0.05) is 11.1 Å². The van der Waals surface area contributed by atoms with Gasteiger partial charge in [-0.3, -0.25) is 9.59 Å². The Morgan fingerprint density at radius 3 is 2.17 bits per heavy atom. The third-order valence-electron chi connectivity index (χ3n) is 3.21. The molecule has 0 aliphatic heterocycles. The minimum Gasteiger partial charge on any atom is -0.444 e. The fourth-order valence-corrected chi connectivity index (χ4v) is 2.26. The molecule has 0 unspecified atom stereocenters. The minimum atomic E-state index is -1.13. The molecule has 124 valence electrons. The molecule has 1 amide bonds. The van der Waals surface area contributed by atoms with Gasteiger partial charge in [0.15, 0.2) is 17.7 Å². The first-order valence-corrected chi connectivity index (χ1v) is 7.47. The summed E-state index contributed by atoms with van der Waals surface area (Å²) in [5.74, 6) is -0.676. The lowest BCUT2D eigenvalue weighted by molar-refractivity contribution is 0.0297. The van der Waals surface area contributed by atoms with Crippen LogP contribution in [0.25, 0.3) is 0 Å². The highest BCUT2D eigenvalue weighted by Gasteiger charge is 2.39. The molecule has 23 heavy (non-hydrogen) atoms. The van der Waals surface area contributed by atoms with Gasteiger partial charge >= 0.3 is 6.09 Å². The maximum Gasteiger partial charge on any atom is 0.407 e. The Morgan fingerprint density at radius 1 is 1.17 bits per heavy atom. The predicted molar refractivity (Wildman–Crippen MR) is 83.7 cm³/mol. The number of Topliss-reactive ketones (excluding diaryl/α,β-unsaturated/α-hetero) is 2. The summed E-state index contributed by atoms with van der Waals surface area (Å²) in [4.78, 5) is 36.0. The van der Waals surface area contributed by atoms with Gasteiger partial charge in [0.05, 0.1) is 12.6 Å². The summed E-state index contributed by atoms with van der Waals surface area (Å²) in [6.07, 6.45) is -1.70. The van der Waals surface area contributed by atoms with E-state index < -0.39 is 23.8 Å². The van der Waals surface area contributed by atoms with Crippen molar-refractivity contribution in [3.05, 3.63) is 35.4 Å². The summed E-state index contributed by atoms with van der Waals surface area (Å²) in [5, 5.41) is 2.60. The number of ether oxygens (including phenoxy) is 2. The Bertz CT molecular complexity index is 597. The van der Waals surface area contributed by atoms with Crippen LogP contribution in [0.2, 0.25) is 0 Å². The molecule has 0 saturated carbocycles. The minimum absolute atomic E-state index is 0.0371. The first-order chi connectivity index (χ1) is 10.7. The number of carbonyl (C=O) groups excluding carboxylic acids is 3. The van der Waals surface area contributed by atoms with Gasteiger partial charge in [-0.15, -0.1) is 0 Å². The van der Waals surface area contributed by atoms with Crippen LogP contribution in [0.4, 0.5) is 4.79 Å². The molecular weight excluding hydrogens is 298 g/mol. The highest BCUT2D eigenvalue weighted by Crippen LogP contribution is 2.24. The lowest BCUT2D eigenvalue weighted by Crippen LogP contribution is -2.41. The molecule has 0 saturated heterocycles. The highest BCUT2D eigenvalue weighted by atomic mass is 16.6. The number of carbonyl (C=O) groups is 3. The van der Waals surface area contributed by atoms with Gasteiger partial charge in [0.25, 0.3) is 0 Å². The molecule has 0 heterocycles. The van der Waals surface area contributed by atoms with Crippen molar-refractivity contribution in [1.82, 2.24) is 5.32 Å². The van der Waals surface area contributed by atoms with Crippen LogP contribution in [-0.4, -0.2) is 42.0 Å². The van der Waals surface area contributed by atoms with E-state index in [1.165, 1.54) is 0 Å². The quantitative estimate of drug-likeness (QED) is 0.862. The number of amides is 1. The molecule has 2 rings (SSSR count). The topological polar surface area (TPSA) is 81.7 Å². The van der Waals surface area contributed by atoms with E-state index in [1.54, 1.807) is 52.0 Å². The van der Waals surface area contributed by atoms with Crippen molar-refractivity contribution >= 4 is 17.7 Å². The van der Waals surface area contributed by atoms with Gasteiger partial charge in [0.2, 0.25) is 0 Å². The van der Waals surface area contributed by atoms with E-state index in [0.29, 0.717) is 11.1 Å². The monoisotopic (exact) mass is 319 g/mol. The van der Waals surface area contributed by atoms with Gasteiger partial charge in [-0.2, -0.15) is 0 Å². The van der Waals surface area contributed by atoms with Gasteiger partial charge < -0.3 is 14.8 Å². The van der Waals surface area contributed by atoms with E-state index in [-0.39, 0.29) is 18.2 Å². The maximum atomic E-state index is 12.2. The summed E-state index contributed by atoms with van der Waals surface area (Å²) < 4.78 is 10.6. The lowest BCUT2D eigenvalue weighted by atomic mass is 10.1. The van der Waals surface area contributed by atoms with Crippen molar-refractivity contribution < 1.29 is 23.9 Å². The molecule has 0 aromatic heterocycles. The third kappa shape index (κ3) is 4.16. The van der Waals surface area contributed by atoms with Crippen molar-refractivity contribution in [1.29, 1.82) is 0 Å². The summed E-state index contributed by atoms with van der Waals surface area (Å²) in [6.45, 7) is 7.04. The van der Waals surface area contributed by atoms with E-state index in [2.05, 4.69) is 5.32 Å². The van der Waals surface area contributed by atoms with Crippen LogP contribution in [0.1, 0.15) is 48.4 Å². The van der Waals surface area contributed by atoms with Crippen molar-refractivity contribution in [2.24, 2.45) is 0 Å². The molecule has 1 aliphatic carbocycles. The van der Waals surface area contributed by atoms with Crippen molar-refractivity contribution in [2.45, 2.75) is 45.4 Å². The number of hydrogen-bond donors (Lipinski definition) is 1. The molecule has 6 heteroatoms. The summed E-state index contributed by atoms with van der Waals surface area (Å²) in [6, 6.07) is 6.25. The van der Waals surface area contributed by atoms with Crippen LogP contribution >= 0.6 is 0 Å². The van der Waals surface area contributed by atoms with Crippen LogP contribution in [-0.2, 0) is 9.47 Å². The van der Waals surface area contributed by atoms with Crippen molar-refractivity contribution in [2.75, 3.05) is 6.61 Å². The number of alkyl carbamates (subject to hydrolysis) is 1. The predicted octanol–water partition coefficient (Wildman–Crippen LogP) is 2.36. The normalized spacial score (nSPS) is 16.2. The summed E-state index contributed by atoms with van der Waals surface area (Å²) in [7, 11) is 0. The van der Waals surface area contributed by atoms with Crippen molar-refractivity contribution in [3.63, 3.8) is 0 Å².